The van der Waals surface area contributed by atoms with E-state index in [1.807, 2.05) is 17.0 Å². The van der Waals surface area contributed by atoms with Crippen molar-refractivity contribution in [3.05, 3.63) is 24.3 Å². The van der Waals surface area contributed by atoms with Gasteiger partial charge in [-0.25, -0.2) is 0 Å². The van der Waals surface area contributed by atoms with Gasteiger partial charge in [0.15, 0.2) is 0 Å². The number of rotatable bonds is 5. The monoisotopic (exact) mass is 315 g/mol. The molecular formula is C19H29N3O. The average molecular weight is 315 g/mol. The summed E-state index contributed by atoms with van der Waals surface area (Å²) in [4.78, 5) is 13.8. The molecule has 0 saturated carbocycles. The number of amides is 1. The standard InChI is InChI=1S/C19H29N3O/c1-15(13-16-7-3-2-4-11-20-16)21-17-8-5-9-18(14-17)22-12-6-10-19(22)23/h5,8-9,14-16,20-21H,2-4,6-7,10-13H2,1H3. The van der Waals surface area contributed by atoms with Crippen LogP contribution in [0.25, 0.3) is 0 Å². The van der Waals surface area contributed by atoms with Crippen LogP contribution in [-0.2, 0) is 4.79 Å². The van der Waals surface area contributed by atoms with Crippen molar-refractivity contribution in [2.24, 2.45) is 0 Å². The Kier molecular flexibility index (Phi) is 5.55. The molecule has 0 radical (unpaired) electrons. The lowest BCUT2D eigenvalue weighted by molar-refractivity contribution is -0.117. The highest BCUT2D eigenvalue weighted by atomic mass is 16.2. The summed E-state index contributed by atoms with van der Waals surface area (Å²) in [6.45, 7) is 4.26. The maximum Gasteiger partial charge on any atom is 0.227 e. The fourth-order valence-corrected chi connectivity index (χ4v) is 3.76. The fraction of sp³-hybridized carbons (Fsp3) is 0.632. The van der Waals surface area contributed by atoms with Crippen LogP contribution in [0.4, 0.5) is 11.4 Å². The van der Waals surface area contributed by atoms with Crippen LogP contribution >= 0.6 is 0 Å². The first-order chi connectivity index (χ1) is 11.2. The number of hydrogen-bond acceptors (Lipinski definition) is 3. The van der Waals surface area contributed by atoms with Crippen molar-refractivity contribution >= 4 is 17.3 Å². The lowest BCUT2D eigenvalue weighted by atomic mass is 10.0. The summed E-state index contributed by atoms with van der Waals surface area (Å²) in [7, 11) is 0. The molecule has 2 atom stereocenters. The molecule has 1 aromatic rings. The van der Waals surface area contributed by atoms with Gasteiger partial charge in [0.05, 0.1) is 0 Å². The number of benzene rings is 1. The van der Waals surface area contributed by atoms with Crippen molar-refractivity contribution in [3.8, 4) is 0 Å². The summed E-state index contributed by atoms with van der Waals surface area (Å²) in [5.41, 5.74) is 2.14. The summed E-state index contributed by atoms with van der Waals surface area (Å²) >= 11 is 0. The van der Waals surface area contributed by atoms with Gasteiger partial charge in [-0.1, -0.05) is 18.9 Å². The molecule has 0 aliphatic carbocycles. The molecule has 3 rings (SSSR count). The van der Waals surface area contributed by atoms with Crippen LogP contribution in [0, 0.1) is 0 Å². The molecule has 2 saturated heterocycles. The molecule has 2 heterocycles. The quantitative estimate of drug-likeness (QED) is 0.873. The van der Waals surface area contributed by atoms with Gasteiger partial charge in [-0.3, -0.25) is 4.79 Å². The first-order valence-corrected chi connectivity index (χ1v) is 9.13. The Balaban J connectivity index is 1.57. The van der Waals surface area contributed by atoms with Gasteiger partial charge in [-0.15, -0.1) is 0 Å². The van der Waals surface area contributed by atoms with E-state index in [2.05, 4.69) is 29.7 Å². The van der Waals surface area contributed by atoms with E-state index in [0.29, 0.717) is 18.5 Å². The van der Waals surface area contributed by atoms with Crippen molar-refractivity contribution in [1.29, 1.82) is 0 Å². The van der Waals surface area contributed by atoms with Crippen molar-refractivity contribution < 1.29 is 4.79 Å². The minimum Gasteiger partial charge on any atom is -0.382 e. The molecule has 2 fully saturated rings. The van der Waals surface area contributed by atoms with Gasteiger partial charge in [0, 0.05) is 36.4 Å². The Labute approximate surface area is 139 Å². The second-order valence-corrected chi connectivity index (χ2v) is 6.98. The Bertz CT molecular complexity index is 523. The van der Waals surface area contributed by atoms with Gasteiger partial charge < -0.3 is 15.5 Å². The first kappa shape index (κ1) is 16.3. The van der Waals surface area contributed by atoms with Gasteiger partial charge in [0.2, 0.25) is 5.91 Å². The highest BCUT2D eigenvalue weighted by molar-refractivity contribution is 5.95. The van der Waals surface area contributed by atoms with Crippen molar-refractivity contribution in [3.63, 3.8) is 0 Å². The van der Waals surface area contributed by atoms with Crippen LogP contribution < -0.4 is 15.5 Å². The summed E-state index contributed by atoms with van der Waals surface area (Å²) < 4.78 is 0. The van der Waals surface area contributed by atoms with Crippen LogP contribution in [0.2, 0.25) is 0 Å². The van der Waals surface area contributed by atoms with Gasteiger partial charge in [0.25, 0.3) is 0 Å². The molecule has 4 heteroatoms. The van der Waals surface area contributed by atoms with Gasteiger partial charge in [-0.2, -0.15) is 0 Å². The van der Waals surface area contributed by atoms with Gasteiger partial charge >= 0.3 is 0 Å². The zero-order chi connectivity index (χ0) is 16.1. The number of anilines is 2. The van der Waals surface area contributed by atoms with Crippen LogP contribution in [0.1, 0.15) is 51.9 Å². The van der Waals surface area contributed by atoms with Crippen LogP contribution in [0.15, 0.2) is 24.3 Å². The molecule has 23 heavy (non-hydrogen) atoms. The minimum absolute atomic E-state index is 0.248. The Hall–Kier alpha value is -1.55. The topological polar surface area (TPSA) is 44.4 Å². The number of carbonyl (C=O) groups excluding carboxylic acids is 1. The molecule has 0 spiro atoms. The number of carbonyl (C=O) groups is 1. The summed E-state index contributed by atoms with van der Waals surface area (Å²) in [5.74, 6) is 0.248. The molecular weight excluding hydrogens is 286 g/mol. The molecule has 0 aromatic heterocycles. The lowest BCUT2D eigenvalue weighted by Gasteiger charge is -2.23. The summed E-state index contributed by atoms with van der Waals surface area (Å²) in [6, 6.07) is 9.34. The van der Waals surface area contributed by atoms with E-state index in [4.69, 9.17) is 0 Å². The van der Waals surface area contributed by atoms with Gasteiger partial charge in [-0.05, 0) is 57.4 Å². The summed E-state index contributed by atoms with van der Waals surface area (Å²) in [5, 5.41) is 7.28. The molecule has 2 aliphatic rings. The molecule has 2 unspecified atom stereocenters. The predicted octanol–water partition coefficient (Wildman–Crippen LogP) is 3.54. The van der Waals surface area contributed by atoms with Crippen LogP contribution in [-0.4, -0.2) is 31.1 Å². The molecule has 1 amide bonds. The van der Waals surface area contributed by atoms with E-state index in [9.17, 15) is 4.79 Å². The van der Waals surface area contributed by atoms with E-state index in [1.165, 1.54) is 25.7 Å². The highest BCUT2D eigenvalue weighted by Gasteiger charge is 2.22. The maximum atomic E-state index is 11.9. The Morgan fingerprint density at radius 2 is 2.22 bits per heavy atom. The molecule has 2 aliphatic heterocycles. The molecule has 0 bridgehead atoms. The minimum atomic E-state index is 0.248. The second-order valence-electron chi connectivity index (χ2n) is 6.98. The van der Waals surface area contributed by atoms with E-state index in [0.717, 1.165) is 37.3 Å². The molecule has 1 aromatic carbocycles. The van der Waals surface area contributed by atoms with Crippen LogP contribution in [0.5, 0.6) is 0 Å². The Morgan fingerprint density at radius 3 is 3.04 bits per heavy atom. The third-order valence-electron chi connectivity index (χ3n) is 4.94. The average Bonchev–Trinajstić information content (AvgIpc) is 2.80. The van der Waals surface area contributed by atoms with Crippen molar-refractivity contribution in [2.45, 2.75) is 64.0 Å². The fourth-order valence-electron chi connectivity index (χ4n) is 3.76. The maximum absolute atomic E-state index is 11.9. The van der Waals surface area contributed by atoms with Gasteiger partial charge in [0.1, 0.15) is 0 Å². The normalized spacial score (nSPS) is 23.6. The van der Waals surface area contributed by atoms with Crippen molar-refractivity contribution in [1.82, 2.24) is 5.32 Å². The summed E-state index contributed by atoms with van der Waals surface area (Å²) in [6.07, 6.45) is 8.10. The molecule has 4 nitrogen and oxygen atoms in total. The van der Waals surface area contributed by atoms with Crippen molar-refractivity contribution in [2.75, 3.05) is 23.3 Å². The van der Waals surface area contributed by atoms with E-state index >= 15 is 0 Å². The van der Waals surface area contributed by atoms with E-state index in [-0.39, 0.29) is 5.91 Å². The zero-order valence-electron chi connectivity index (χ0n) is 14.2. The number of nitrogens with zero attached hydrogens (tertiary/aromatic N) is 1. The Morgan fingerprint density at radius 1 is 1.30 bits per heavy atom. The van der Waals surface area contributed by atoms with E-state index in [1.54, 1.807) is 0 Å². The third-order valence-corrected chi connectivity index (χ3v) is 4.94. The SMILES string of the molecule is CC(CC1CCCCCN1)Nc1cccc(N2CCCC2=O)c1. The molecule has 2 N–H and O–H groups in total. The zero-order valence-corrected chi connectivity index (χ0v) is 14.2. The van der Waals surface area contributed by atoms with Crippen LogP contribution in [0.3, 0.4) is 0 Å². The smallest absolute Gasteiger partial charge is 0.227 e. The molecule has 126 valence electrons. The number of hydrogen-bond donors (Lipinski definition) is 2. The van der Waals surface area contributed by atoms with E-state index < -0.39 is 0 Å². The highest BCUT2D eigenvalue weighted by Crippen LogP contribution is 2.25. The predicted molar refractivity (Wildman–Crippen MR) is 96.0 cm³/mol. The largest absolute Gasteiger partial charge is 0.382 e. The second kappa shape index (κ2) is 7.82. The number of nitrogens with one attached hydrogen (secondary N) is 2. The third kappa shape index (κ3) is 4.47. The lowest BCUT2D eigenvalue weighted by Crippen LogP contribution is -2.33. The first-order valence-electron chi connectivity index (χ1n) is 9.13.